The van der Waals surface area contributed by atoms with Crippen LogP contribution in [0.5, 0.6) is 0 Å². The second kappa shape index (κ2) is 5.12. The summed E-state index contributed by atoms with van der Waals surface area (Å²) in [4.78, 5) is 0. The van der Waals surface area contributed by atoms with Crippen molar-refractivity contribution >= 4 is 0 Å². The molecule has 4 nitrogen and oxygen atoms in total. The van der Waals surface area contributed by atoms with Gasteiger partial charge in [0, 0.05) is 18.3 Å². The average molecular weight is 196 g/mol. The SMILES string of the molecule is CCCn1cc(C(NN)C(C)C)cn1. The summed E-state index contributed by atoms with van der Waals surface area (Å²) in [5.74, 6) is 5.97. The number of nitrogens with zero attached hydrogens (tertiary/aromatic N) is 2. The van der Waals surface area contributed by atoms with Crippen molar-refractivity contribution in [3.05, 3.63) is 18.0 Å². The maximum atomic E-state index is 5.50. The molecule has 0 aromatic carbocycles. The fourth-order valence-electron chi connectivity index (χ4n) is 1.57. The molecule has 1 unspecified atom stereocenters. The van der Waals surface area contributed by atoms with Gasteiger partial charge in [0.25, 0.3) is 0 Å². The first-order valence-electron chi connectivity index (χ1n) is 5.17. The van der Waals surface area contributed by atoms with E-state index in [9.17, 15) is 0 Å². The molecule has 0 aliphatic carbocycles. The Morgan fingerprint density at radius 2 is 2.29 bits per heavy atom. The van der Waals surface area contributed by atoms with Gasteiger partial charge in [0.1, 0.15) is 0 Å². The summed E-state index contributed by atoms with van der Waals surface area (Å²) >= 11 is 0. The number of nitrogens with two attached hydrogens (primary N) is 1. The lowest BCUT2D eigenvalue weighted by Crippen LogP contribution is -2.31. The van der Waals surface area contributed by atoms with Gasteiger partial charge in [-0.1, -0.05) is 20.8 Å². The van der Waals surface area contributed by atoms with Crippen molar-refractivity contribution < 1.29 is 0 Å². The quantitative estimate of drug-likeness (QED) is 0.553. The molecule has 3 N–H and O–H groups in total. The standard InChI is InChI=1S/C10H20N4/c1-4-5-14-7-9(6-12-14)10(13-11)8(2)3/h6-8,10,13H,4-5,11H2,1-3H3. The first-order valence-corrected chi connectivity index (χ1v) is 5.17. The van der Waals surface area contributed by atoms with Gasteiger partial charge in [-0.25, -0.2) is 0 Å². The first kappa shape index (κ1) is 11.2. The molecule has 0 saturated heterocycles. The second-order valence-corrected chi connectivity index (χ2v) is 3.93. The van der Waals surface area contributed by atoms with Crippen molar-refractivity contribution in [2.45, 2.75) is 39.8 Å². The predicted octanol–water partition coefficient (Wildman–Crippen LogP) is 1.45. The minimum Gasteiger partial charge on any atom is -0.272 e. The summed E-state index contributed by atoms with van der Waals surface area (Å²) in [5.41, 5.74) is 3.98. The third kappa shape index (κ3) is 2.56. The summed E-state index contributed by atoms with van der Waals surface area (Å²) in [6, 6.07) is 0.195. The smallest absolute Gasteiger partial charge is 0.0538 e. The first-order chi connectivity index (χ1) is 6.69. The van der Waals surface area contributed by atoms with E-state index in [-0.39, 0.29) is 6.04 Å². The van der Waals surface area contributed by atoms with E-state index in [1.807, 2.05) is 10.9 Å². The molecule has 1 rings (SSSR count). The molecule has 0 saturated carbocycles. The normalized spacial score (nSPS) is 13.5. The van der Waals surface area contributed by atoms with Crippen LogP contribution in [-0.2, 0) is 6.54 Å². The van der Waals surface area contributed by atoms with Crippen LogP contribution in [0.4, 0.5) is 0 Å². The molecule has 0 amide bonds. The van der Waals surface area contributed by atoms with Crippen molar-refractivity contribution in [3.8, 4) is 0 Å². The van der Waals surface area contributed by atoms with Gasteiger partial charge < -0.3 is 0 Å². The van der Waals surface area contributed by atoms with Crippen LogP contribution < -0.4 is 11.3 Å². The number of rotatable bonds is 5. The second-order valence-electron chi connectivity index (χ2n) is 3.93. The Morgan fingerprint density at radius 3 is 2.79 bits per heavy atom. The van der Waals surface area contributed by atoms with Crippen LogP contribution in [0.3, 0.4) is 0 Å². The largest absolute Gasteiger partial charge is 0.272 e. The van der Waals surface area contributed by atoms with E-state index in [1.54, 1.807) is 0 Å². The molecular weight excluding hydrogens is 176 g/mol. The summed E-state index contributed by atoms with van der Waals surface area (Å²) in [6.07, 6.45) is 5.05. The third-order valence-electron chi connectivity index (χ3n) is 2.31. The molecule has 4 heteroatoms. The van der Waals surface area contributed by atoms with Crippen molar-refractivity contribution in [2.24, 2.45) is 11.8 Å². The highest BCUT2D eigenvalue weighted by Gasteiger charge is 2.15. The van der Waals surface area contributed by atoms with Crippen molar-refractivity contribution in [3.63, 3.8) is 0 Å². The van der Waals surface area contributed by atoms with Gasteiger partial charge in [0.15, 0.2) is 0 Å². The molecule has 0 spiro atoms. The van der Waals surface area contributed by atoms with Crippen LogP contribution in [0, 0.1) is 5.92 Å². The predicted molar refractivity (Wildman–Crippen MR) is 57.4 cm³/mol. The summed E-state index contributed by atoms with van der Waals surface area (Å²) in [5, 5.41) is 4.28. The summed E-state index contributed by atoms with van der Waals surface area (Å²) in [6.45, 7) is 7.39. The Bertz CT molecular complexity index is 267. The van der Waals surface area contributed by atoms with Crippen LogP contribution in [0.1, 0.15) is 38.8 Å². The molecule has 1 aromatic heterocycles. The topological polar surface area (TPSA) is 55.9 Å². The highest BCUT2D eigenvalue weighted by molar-refractivity contribution is 5.10. The van der Waals surface area contributed by atoms with Crippen LogP contribution >= 0.6 is 0 Å². The fraction of sp³-hybridized carbons (Fsp3) is 0.700. The zero-order chi connectivity index (χ0) is 10.6. The fourth-order valence-corrected chi connectivity index (χ4v) is 1.57. The lowest BCUT2D eigenvalue weighted by molar-refractivity contribution is 0.420. The minimum absolute atomic E-state index is 0.195. The van der Waals surface area contributed by atoms with Crippen molar-refractivity contribution in [1.82, 2.24) is 15.2 Å². The van der Waals surface area contributed by atoms with E-state index < -0.39 is 0 Å². The average Bonchev–Trinajstić information content (AvgIpc) is 2.54. The van der Waals surface area contributed by atoms with Crippen molar-refractivity contribution in [2.75, 3.05) is 0 Å². The molecule has 80 valence electrons. The number of nitrogens with one attached hydrogen (secondary N) is 1. The highest BCUT2D eigenvalue weighted by Crippen LogP contribution is 2.19. The minimum atomic E-state index is 0.195. The Balaban J connectivity index is 2.73. The summed E-state index contributed by atoms with van der Waals surface area (Å²) in [7, 11) is 0. The van der Waals surface area contributed by atoms with Crippen molar-refractivity contribution in [1.29, 1.82) is 0 Å². The third-order valence-corrected chi connectivity index (χ3v) is 2.31. The van der Waals surface area contributed by atoms with Crippen LogP contribution in [0.2, 0.25) is 0 Å². The lowest BCUT2D eigenvalue weighted by atomic mass is 10.00. The van der Waals surface area contributed by atoms with Crippen LogP contribution in [-0.4, -0.2) is 9.78 Å². The number of hydrogen-bond donors (Lipinski definition) is 2. The highest BCUT2D eigenvalue weighted by atomic mass is 15.3. The van der Waals surface area contributed by atoms with E-state index in [1.165, 1.54) is 0 Å². The van der Waals surface area contributed by atoms with Gasteiger partial charge in [-0.2, -0.15) is 5.10 Å². The molecule has 1 aromatic rings. The number of hydrazine groups is 1. The molecule has 0 bridgehead atoms. The molecule has 0 radical (unpaired) electrons. The van der Waals surface area contributed by atoms with Gasteiger partial charge in [0.05, 0.1) is 12.2 Å². The molecule has 0 fully saturated rings. The number of aromatic nitrogens is 2. The van der Waals surface area contributed by atoms with Gasteiger partial charge >= 0.3 is 0 Å². The lowest BCUT2D eigenvalue weighted by Gasteiger charge is -2.17. The maximum absolute atomic E-state index is 5.50. The number of aryl methyl sites for hydroxylation is 1. The monoisotopic (exact) mass is 196 g/mol. The van der Waals surface area contributed by atoms with Gasteiger partial charge in [-0.15, -0.1) is 0 Å². The van der Waals surface area contributed by atoms with E-state index in [0.717, 1.165) is 18.5 Å². The Labute approximate surface area is 85.5 Å². The molecule has 1 heterocycles. The molecule has 0 aliphatic heterocycles. The van der Waals surface area contributed by atoms with Gasteiger partial charge in [-0.3, -0.25) is 16.0 Å². The van der Waals surface area contributed by atoms with Gasteiger partial charge in [0.2, 0.25) is 0 Å². The molecule has 1 atom stereocenters. The Morgan fingerprint density at radius 1 is 1.57 bits per heavy atom. The zero-order valence-corrected chi connectivity index (χ0v) is 9.20. The summed E-state index contributed by atoms with van der Waals surface area (Å²) < 4.78 is 1.96. The maximum Gasteiger partial charge on any atom is 0.0538 e. The molecular formula is C10H20N4. The molecule has 0 aliphatic rings. The number of hydrogen-bond acceptors (Lipinski definition) is 3. The van der Waals surface area contributed by atoms with Crippen LogP contribution in [0.25, 0.3) is 0 Å². The van der Waals surface area contributed by atoms with E-state index in [0.29, 0.717) is 5.92 Å². The zero-order valence-electron chi connectivity index (χ0n) is 9.20. The molecule has 14 heavy (non-hydrogen) atoms. The van der Waals surface area contributed by atoms with E-state index in [2.05, 4.69) is 37.5 Å². The van der Waals surface area contributed by atoms with Gasteiger partial charge in [-0.05, 0) is 12.3 Å². The van der Waals surface area contributed by atoms with E-state index in [4.69, 9.17) is 5.84 Å². The Hall–Kier alpha value is -0.870. The Kier molecular flexibility index (Phi) is 4.10. The van der Waals surface area contributed by atoms with E-state index >= 15 is 0 Å². The van der Waals surface area contributed by atoms with Crippen LogP contribution in [0.15, 0.2) is 12.4 Å².